The lowest BCUT2D eigenvalue weighted by molar-refractivity contribution is 0.103. The lowest BCUT2D eigenvalue weighted by Crippen LogP contribution is -2.52. The molecule has 4 heteroatoms. The minimum atomic E-state index is -0.537. The zero-order chi connectivity index (χ0) is 9.73. The fraction of sp³-hybridized carbons (Fsp3) is 1.00. The quantitative estimate of drug-likeness (QED) is 0.450. The molecule has 0 bridgehead atoms. The van der Waals surface area contributed by atoms with Crippen LogP contribution in [0, 0.1) is 0 Å². The summed E-state index contributed by atoms with van der Waals surface area (Å²) >= 11 is 0. The molecule has 4 nitrogen and oxygen atoms in total. The van der Waals surface area contributed by atoms with Crippen molar-refractivity contribution in [3.63, 3.8) is 0 Å². The summed E-state index contributed by atoms with van der Waals surface area (Å²) in [5.74, 6) is 0. The van der Waals surface area contributed by atoms with Crippen molar-refractivity contribution in [2.75, 3.05) is 26.3 Å². The van der Waals surface area contributed by atoms with Crippen LogP contribution in [-0.2, 0) is 0 Å². The van der Waals surface area contributed by atoms with Crippen molar-refractivity contribution in [2.24, 2.45) is 0 Å². The summed E-state index contributed by atoms with van der Waals surface area (Å²) in [6, 6.07) is 0.498. The molecule has 1 fully saturated rings. The molecule has 0 aliphatic carbocycles. The van der Waals surface area contributed by atoms with Crippen molar-refractivity contribution in [1.29, 1.82) is 0 Å². The van der Waals surface area contributed by atoms with Gasteiger partial charge < -0.3 is 20.8 Å². The van der Waals surface area contributed by atoms with Gasteiger partial charge in [-0.05, 0) is 26.3 Å². The van der Waals surface area contributed by atoms with E-state index in [1.807, 2.05) is 6.92 Å². The second-order valence-corrected chi connectivity index (χ2v) is 4.05. The molecule has 1 rings (SSSR count). The Kier molecular flexibility index (Phi) is 4.12. The third-order valence-electron chi connectivity index (χ3n) is 2.64. The zero-order valence-corrected chi connectivity index (χ0v) is 8.21. The highest BCUT2D eigenvalue weighted by Crippen LogP contribution is 2.06. The third kappa shape index (κ3) is 3.23. The first-order valence-corrected chi connectivity index (χ1v) is 4.90. The predicted molar refractivity (Wildman–Crippen MR) is 51.6 cm³/mol. The van der Waals surface area contributed by atoms with Crippen LogP contribution in [0.2, 0.25) is 0 Å². The van der Waals surface area contributed by atoms with Crippen LogP contribution in [0.25, 0.3) is 0 Å². The molecule has 0 spiro atoms. The summed E-state index contributed by atoms with van der Waals surface area (Å²) in [5.41, 5.74) is -0.537. The first kappa shape index (κ1) is 10.9. The molecular weight excluding hydrogens is 168 g/mol. The predicted octanol–water partition coefficient (Wildman–Crippen LogP) is -0.929. The molecule has 13 heavy (non-hydrogen) atoms. The summed E-state index contributed by atoms with van der Waals surface area (Å²) in [4.78, 5) is 0. The number of hydrogen-bond donors (Lipinski definition) is 4. The lowest BCUT2D eigenvalue weighted by atomic mass is 10.0. The summed E-state index contributed by atoms with van der Waals surface area (Å²) in [7, 11) is 0. The normalized spacial score (nSPS) is 23.8. The minimum absolute atomic E-state index is 0.0315. The van der Waals surface area contributed by atoms with Gasteiger partial charge in [0.05, 0.1) is 18.8 Å². The van der Waals surface area contributed by atoms with Crippen molar-refractivity contribution < 1.29 is 10.2 Å². The molecule has 78 valence electrons. The van der Waals surface area contributed by atoms with Crippen molar-refractivity contribution in [3.8, 4) is 0 Å². The standard InChI is InChI=1S/C9H20N2O2/c1-9(6-12,7-13)11-5-8-3-2-4-10-8/h8,10-13H,2-7H2,1H3. The van der Waals surface area contributed by atoms with E-state index < -0.39 is 5.54 Å². The van der Waals surface area contributed by atoms with Gasteiger partial charge in [-0.2, -0.15) is 0 Å². The monoisotopic (exact) mass is 188 g/mol. The molecule has 0 aromatic heterocycles. The van der Waals surface area contributed by atoms with E-state index in [1.54, 1.807) is 0 Å². The smallest absolute Gasteiger partial charge is 0.0633 e. The van der Waals surface area contributed by atoms with E-state index in [0.29, 0.717) is 6.04 Å². The molecule has 1 saturated heterocycles. The Bertz CT molecular complexity index is 143. The second-order valence-electron chi connectivity index (χ2n) is 4.05. The molecule has 1 aliphatic heterocycles. The average molecular weight is 188 g/mol. The fourth-order valence-corrected chi connectivity index (χ4v) is 1.46. The molecule has 0 aromatic carbocycles. The van der Waals surface area contributed by atoms with Crippen LogP contribution in [0.3, 0.4) is 0 Å². The molecule has 0 saturated carbocycles. The lowest BCUT2D eigenvalue weighted by Gasteiger charge is -2.28. The van der Waals surface area contributed by atoms with Gasteiger partial charge in [0.2, 0.25) is 0 Å². The molecule has 1 aliphatic rings. The van der Waals surface area contributed by atoms with Gasteiger partial charge in [0.15, 0.2) is 0 Å². The number of aliphatic hydroxyl groups is 2. The van der Waals surface area contributed by atoms with Crippen molar-refractivity contribution >= 4 is 0 Å². The SMILES string of the molecule is CC(CO)(CO)NCC1CCCN1. The van der Waals surface area contributed by atoms with Crippen LogP contribution in [0.5, 0.6) is 0 Å². The van der Waals surface area contributed by atoms with E-state index in [1.165, 1.54) is 12.8 Å². The van der Waals surface area contributed by atoms with Gasteiger partial charge in [-0.3, -0.25) is 0 Å². The largest absolute Gasteiger partial charge is 0.394 e. The molecule has 1 atom stereocenters. The molecule has 1 heterocycles. The minimum Gasteiger partial charge on any atom is -0.394 e. The van der Waals surface area contributed by atoms with E-state index in [9.17, 15) is 0 Å². The van der Waals surface area contributed by atoms with Crippen LogP contribution in [0.15, 0.2) is 0 Å². The third-order valence-corrected chi connectivity index (χ3v) is 2.64. The molecule has 0 radical (unpaired) electrons. The molecule has 4 N–H and O–H groups in total. The van der Waals surface area contributed by atoms with E-state index in [2.05, 4.69) is 10.6 Å². The maximum absolute atomic E-state index is 9.02. The topological polar surface area (TPSA) is 64.5 Å². The Hall–Kier alpha value is -0.160. The van der Waals surface area contributed by atoms with E-state index in [-0.39, 0.29) is 13.2 Å². The summed E-state index contributed by atoms with van der Waals surface area (Å²) in [6.45, 7) is 3.66. The van der Waals surface area contributed by atoms with Crippen LogP contribution >= 0.6 is 0 Å². The van der Waals surface area contributed by atoms with Crippen molar-refractivity contribution in [2.45, 2.75) is 31.3 Å². The first-order valence-electron chi connectivity index (χ1n) is 4.90. The Morgan fingerprint density at radius 2 is 2.15 bits per heavy atom. The Balaban J connectivity index is 2.22. The maximum Gasteiger partial charge on any atom is 0.0633 e. The Morgan fingerprint density at radius 1 is 1.46 bits per heavy atom. The number of nitrogens with one attached hydrogen (secondary N) is 2. The number of hydrogen-bond acceptors (Lipinski definition) is 4. The fourth-order valence-electron chi connectivity index (χ4n) is 1.46. The van der Waals surface area contributed by atoms with Gasteiger partial charge in [-0.15, -0.1) is 0 Å². The average Bonchev–Trinajstić information content (AvgIpc) is 2.67. The highest BCUT2D eigenvalue weighted by atomic mass is 16.3. The van der Waals surface area contributed by atoms with E-state index in [0.717, 1.165) is 13.1 Å². The number of rotatable bonds is 5. The van der Waals surface area contributed by atoms with Gasteiger partial charge in [0, 0.05) is 12.6 Å². The Labute approximate surface area is 79.3 Å². The van der Waals surface area contributed by atoms with Crippen LogP contribution < -0.4 is 10.6 Å². The van der Waals surface area contributed by atoms with Gasteiger partial charge in [0.1, 0.15) is 0 Å². The van der Waals surface area contributed by atoms with Gasteiger partial charge in [0.25, 0.3) is 0 Å². The number of aliphatic hydroxyl groups excluding tert-OH is 2. The zero-order valence-electron chi connectivity index (χ0n) is 8.21. The van der Waals surface area contributed by atoms with Crippen LogP contribution in [-0.4, -0.2) is 48.1 Å². The second kappa shape index (κ2) is 4.91. The summed E-state index contributed by atoms with van der Waals surface area (Å²) in [5, 5.41) is 24.6. The van der Waals surface area contributed by atoms with Crippen molar-refractivity contribution in [1.82, 2.24) is 10.6 Å². The molecular formula is C9H20N2O2. The molecule has 0 amide bonds. The maximum atomic E-state index is 9.02. The van der Waals surface area contributed by atoms with E-state index in [4.69, 9.17) is 10.2 Å². The summed E-state index contributed by atoms with van der Waals surface area (Å²) in [6.07, 6.45) is 2.40. The van der Waals surface area contributed by atoms with Crippen LogP contribution in [0.1, 0.15) is 19.8 Å². The van der Waals surface area contributed by atoms with Gasteiger partial charge >= 0.3 is 0 Å². The Morgan fingerprint density at radius 3 is 2.62 bits per heavy atom. The van der Waals surface area contributed by atoms with Gasteiger partial charge in [-0.1, -0.05) is 0 Å². The van der Waals surface area contributed by atoms with Crippen LogP contribution in [0.4, 0.5) is 0 Å². The van der Waals surface area contributed by atoms with Crippen molar-refractivity contribution in [3.05, 3.63) is 0 Å². The summed E-state index contributed by atoms with van der Waals surface area (Å²) < 4.78 is 0. The molecule has 1 unspecified atom stereocenters. The molecule has 0 aromatic rings. The highest BCUT2D eigenvalue weighted by molar-refractivity contribution is 4.85. The van der Waals surface area contributed by atoms with Gasteiger partial charge in [-0.25, -0.2) is 0 Å². The van der Waals surface area contributed by atoms with E-state index >= 15 is 0 Å². The highest BCUT2D eigenvalue weighted by Gasteiger charge is 2.23. The first-order chi connectivity index (χ1) is 6.20.